The number of nitrogens with zero attached hydrogens (tertiary/aromatic N) is 2. The predicted molar refractivity (Wildman–Crippen MR) is 91.5 cm³/mol. The van der Waals surface area contributed by atoms with Crippen LogP contribution in [0, 0.1) is 6.92 Å². The Labute approximate surface area is 144 Å². The highest BCUT2D eigenvalue weighted by Crippen LogP contribution is 2.23. The summed E-state index contributed by atoms with van der Waals surface area (Å²) in [4.78, 5) is 23.4. The molecule has 2 rings (SSSR count). The molecule has 8 heteroatoms. The smallest absolute Gasteiger partial charge is 0.277 e. The molecule has 2 amide bonds. The maximum atomic E-state index is 11.8. The monoisotopic (exact) mass is 348 g/mol. The van der Waals surface area contributed by atoms with Crippen LogP contribution < -0.4 is 10.6 Å². The van der Waals surface area contributed by atoms with Crippen LogP contribution in [0.25, 0.3) is 11.5 Å². The number of amides is 2. The highest BCUT2D eigenvalue weighted by Gasteiger charge is 2.16. The van der Waals surface area contributed by atoms with Crippen molar-refractivity contribution in [1.82, 2.24) is 20.8 Å². The Kier molecular flexibility index (Phi) is 6.36. The van der Waals surface area contributed by atoms with Crippen LogP contribution in [0.15, 0.2) is 33.9 Å². The van der Waals surface area contributed by atoms with E-state index in [1.165, 1.54) is 0 Å². The summed E-state index contributed by atoms with van der Waals surface area (Å²) >= 11 is 1.13. The lowest BCUT2D eigenvalue weighted by molar-refractivity contribution is -0.127. The summed E-state index contributed by atoms with van der Waals surface area (Å²) in [6.07, 6.45) is 0. The Morgan fingerprint density at radius 1 is 1.25 bits per heavy atom. The molecule has 1 aromatic heterocycles. The van der Waals surface area contributed by atoms with Crippen molar-refractivity contribution in [2.45, 2.75) is 32.0 Å². The van der Waals surface area contributed by atoms with Gasteiger partial charge in [0.1, 0.15) is 6.04 Å². The molecular formula is C16H20N4O3S. The molecule has 0 bridgehead atoms. The van der Waals surface area contributed by atoms with Crippen LogP contribution in [0.5, 0.6) is 0 Å². The maximum absolute atomic E-state index is 11.8. The van der Waals surface area contributed by atoms with Crippen LogP contribution in [-0.2, 0) is 9.59 Å². The van der Waals surface area contributed by atoms with Crippen LogP contribution in [0.3, 0.4) is 0 Å². The number of aromatic nitrogens is 2. The van der Waals surface area contributed by atoms with Crippen molar-refractivity contribution >= 4 is 23.6 Å². The lowest BCUT2D eigenvalue weighted by Gasteiger charge is -2.12. The van der Waals surface area contributed by atoms with Crippen LogP contribution in [-0.4, -0.2) is 40.4 Å². The molecule has 0 saturated carbocycles. The zero-order valence-corrected chi connectivity index (χ0v) is 14.6. The molecule has 7 nitrogen and oxygen atoms in total. The highest BCUT2D eigenvalue weighted by molar-refractivity contribution is 7.99. The molecule has 1 heterocycles. The van der Waals surface area contributed by atoms with E-state index in [1.807, 2.05) is 38.1 Å². The van der Waals surface area contributed by atoms with E-state index in [1.54, 1.807) is 6.92 Å². The van der Waals surface area contributed by atoms with Gasteiger partial charge in [0.25, 0.3) is 5.22 Å². The zero-order chi connectivity index (χ0) is 17.5. The van der Waals surface area contributed by atoms with Gasteiger partial charge in [0.15, 0.2) is 0 Å². The minimum Gasteiger partial charge on any atom is -0.411 e. The van der Waals surface area contributed by atoms with Gasteiger partial charge in [-0.05, 0) is 32.9 Å². The number of carbonyl (C=O) groups is 2. The lowest BCUT2D eigenvalue weighted by atomic mass is 10.1. The van der Waals surface area contributed by atoms with Crippen LogP contribution in [0.1, 0.15) is 19.4 Å². The van der Waals surface area contributed by atoms with E-state index >= 15 is 0 Å². The van der Waals surface area contributed by atoms with E-state index in [9.17, 15) is 9.59 Å². The molecular weight excluding hydrogens is 328 g/mol. The molecule has 0 aliphatic heterocycles. The maximum Gasteiger partial charge on any atom is 0.277 e. The molecule has 0 aliphatic carbocycles. The van der Waals surface area contributed by atoms with E-state index in [0.717, 1.165) is 22.9 Å². The minimum absolute atomic E-state index is 0.0965. The molecule has 0 saturated heterocycles. The highest BCUT2D eigenvalue weighted by atomic mass is 32.2. The quantitative estimate of drug-likeness (QED) is 0.740. The Balaban J connectivity index is 1.85. The molecule has 2 aromatic rings. The molecule has 0 unspecified atom stereocenters. The van der Waals surface area contributed by atoms with Crippen molar-refractivity contribution in [3.05, 3.63) is 29.8 Å². The van der Waals surface area contributed by atoms with Gasteiger partial charge >= 0.3 is 0 Å². The van der Waals surface area contributed by atoms with Crippen LogP contribution in [0.4, 0.5) is 0 Å². The predicted octanol–water partition coefficient (Wildman–Crippen LogP) is 1.78. The molecule has 24 heavy (non-hydrogen) atoms. The van der Waals surface area contributed by atoms with Crippen molar-refractivity contribution in [2.24, 2.45) is 0 Å². The summed E-state index contributed by atoms with van der Waals surface area (Å²) in [7, 11) is 0. The van der Waals surface area contributed by atoms with E-state index < -0.39 is 6.04 Å². The molecule has 0 fully saturated rings. The molecule has 2 N–H and O–H groups in total. The number of aryl methyl sites for hydroxylation is 1. The fraction of sp³-hybridized carbons (Fsp3) is 0.375. The first-order valence-electron chi connectivity index (χ1n) is 7.60. The van der Waals surface area contributed by atoms with Gasteiger partial charge in [-0.15, -0.1) is 10.2 Å². The summed E-state index contributed by atoms with van der Waals surface area (Å²) in [5.41, 5.74) is 1.97. The molecule has 0 spiro atoms. The fourth-order valence-corrected chi connectivity index (χ4v) is 2.46. The number of hydrogen-bond acceptors (Lipinski definition) is 6. The van der Waals surface area contributed by atoms with Gasteiger partial charge in [0.2, 0.25) is 17.7 Å². The first-order chi connectivity index (χ1) is 11.5. The number of carbonyl (C=O) groups excluding carboxylic acids is 2. The molecule has 0 aliphatic rings. The topological polar surface area (TPSA) is 97.1 Å². The molecule has 1 atom stereocenters. The second-order valence-corrected chi connectivity index (χ2v) is 6.14. The van der Waals surface area contributed by atoms with Crippen molar-refractivity contribution in [1.29, 1.82) is 0 Å². The summed E-state index contributed by atoms with van der Waals surface area (Å²) in [5.74, 6) is 0.0250. The fourth-order valence-electron chi connectivity index (χ4n) is 1.88. The van der Waals surface area contributed by atoms with Crippen molar-refractivity contribution < 1.29 is 14.0 Å². The van der Waals surface area contributed by atoms with E-state index in [2.05, 4.69) is 20.8 Å². The number of likely N-dealkylation sites (N-methyl/N-ethyl adjacent to an activating group) is 1. The van der Waals surface area contributed by atoms with Crippen LogP contribution >= 0.6 is 11.8 Å². The normalized spacial score (nSPS) is 11.8. The number of rotatable bonds is 7. The van der Waals surface area contributed by atoms with E-state index in [-0.39, 0.29) is 17.6 Å². The third kappa shape index (κ3) is 5.09. The Morgan fingerprint density at radius 2 is 1.96 bits per heavy atom. The van der Waals surface area contributed by atoms with Gasteiger partial charge < -0.3 is 15.1 Å². The van der Waals surface area contributed by atoms with Crippen molar-refractivity contribution in [2.75, 3.05) is 12.3 Å². The summed E-state index contributed by atoms with van der Waals surface area (Å²) in [6.45, 7) is 5.98. The average molecular weight is 348 g/mol. The third-order valence-electron chi connectivity index (χ3n) is 3.15. The Bertz CT molecular complexity index is 700. The zero-order valence-electron chi connectivity index (χ0n) is 13.8. The first-order valence-corrected chi connectivity index (χ1v) is 8.58. The second kappa shape index (κ2) is 8.49. The van der Waals surface area contributed by atoms with Gasteiger partial charge in [-0.3, -0.25) is 9.59 Å². The van der Waals surface area contributed by atoms with Gasteiger partial charge in [-0.25, -0.2) is 0 Å². The standard InChI is InChI=1S/C16H20N4O3S/c1-4-17-14(22)11(3)18-13(21)9-24-16-20-19-15(23-16)12-7-5-10(2)6-8-12/h5-8,11H,4,9H2,1-3H3,(H,17,22)(H,18,21)/t11-/m1/s1. The second-order valence-electron chi connectivity index (χ2n) is 5.21. The Hall–Kier alpha value is -2.35. The third-order valence-corrected chi connectivity index (χ3v) is 3.97. The number of nitrogens with one attached hydrogen (secondary N) is 2. The molecule has 128 valence electrons. The summed E-state index contributed by atoms with van der Waals surface area (Å²) < 4.78 is 5.53. The minimum atomic E-state index is -0.580. The number of benzene rings is 1. The van der Waals surface area contributed by atoms with E-state index in [4.69, 9.17) is 4.42 Å². The summed E-state index contributed by atoms with van der Waals surface area (Å²) in [6, 6.07) is 7.14. The molecule has 1 aromatic carbocycles. The van der Waals surface area contributed by atoms with Crippen molar-refractivity contribution in [3.63, 3.8) is 0 Å². The number of hydrogen-bond donors (Lipinski definition) is 2. The van der Waals surface area contributed by atoms with Gasteiger partial charge in [-0.1, -0.05) is 29.5 Å². The largest absolute Gasteiger partial charge is 0.411 e. The Morgan fingerprint density at radius 3 is 2.62 bits per heavy atom. The van der Waals surface area contributed by atoms with E-state index in [0.29, 0.717) is 17.7 Å². The SMILES string of the molecule is CCNC(=O)[C@@H](C)NC(=O)CSc1nnc(-c2ccc(C)cc2)o1. The first kappa shape index (κ1) is 18.0. The molecule has 0 radical (unpaired) electrons. The lowest BCUT2D eigenvalue weighted by Crippen LogP contribution is -2.45. The van der Waals surface area contributed by atoms with Gasteiger partial charge in [0.05, 0.1) is 5.75 Å². The van der Waals surface area contributed by atoms with Crippen LogP contribution in [0.2, 0.25) is 0 Å². The average Bonchev–Trinajstić information content (AvgIpc) is 3.03. The summed E-state index contributed by atoms with van der Waals surface area (Å²) in [5, 5.41) is 13.5. The van der Waals surface area contributed by atoms with Crippen molar-refractivity contribution in [3.8, 4) is 11.5 Å². The number of thioether (sulfide) groups is 1. The van der Waals surface area contributed by atoms with Gasteiger partial charge in [-0.2, -0.15) is 0 Å². The van der Waals surface area contributed by atoms with Gasteiger partial charge in [0, 0.05) is 12.1 Å².